The van der Waals surface area contributed by atoms with Crippen LogP contribution >= 0.6 is 22.9 Å². The number of thiazole rings is 1. The minimum Gasteiger partial charge on any atom is -0.323 e. The molecule has 0 saturated carbocycles. The van der Waals surface area contributed by atoms with E-state index in [0.29, 0.717) is 5.02 Å². The zero-order valence-electron chi connectivity index (χ0n) is 13.4. The van der Waals surface area contributed by atoms with Crippen molar-refractivity contribution in [3.8, 4) is 11.3 Å². The summed E-state index contributed by atoms with van der Waals surface area (Å²) in [6.45, 7) is 0. The van der Waals surface area contributed by atoms with Crippen molar-refractivity contribution in [2.75, 3.05) is 5.32 Å². The highest BCUT2D eigenvalue weighted by Gasteiger charge is 2.13. The first-order chi connectivity index (χ1) is 12.6. The number of hydrogen-bond acceptors (Lipinski definition) is 3. The molecular weight excluding hydrogens is 373 g/mol. The van der Waals surface area contributed by atoms with Gasteiger partial charge < -0.3 is 5.32 Å². The van der Waals surface area contributed by atoms with Gasteiger partial charge in [-0.15, -0.1) is 11.3 Å². The Bertz CT molecular complexity index is 1090. The third-order valence-corrected chi connectivity index (χ3v) is 5.05. The van der Waals surface area contributed by atoms with E-state index in [1.165, 1.54) is 23.5 Å². The van der Waals surface area contributed by atoms with Crippen molar-refractivity contribution in [1.82, 2.24) is 9.38 Å². The molecule has 7 heteroatoms. The summed E-state index contributed by atoms with van der Waals surface area (Å²) in [6.07, 6.45) is 2.02. The first-order valence-electron chi connectivity index (χ1n) is 7.86. The molecule has 0 bridgehead atoms. The first kappa shape index (κ1) is 16.8. The van der Waals surface area contributed by atoms with Crippen LogP contribution in [-0.2, 0) is 11.2 Å². The topological polar surface area (TPSA) is 46.4 Å². The third-order valence-electron chi connectivity index (χ3n) is 3.91. The van der Waals surface area contributed by atoms with Crippen molar-refractivity contribution in [2.45, 2.75) is 6.42 Å². The molecule has 1 N–H and O–H groups in total. The van der Waals surface area contributed by atoms with Gasteiger partial charge in [0.2, 0.25) is 5.91 Å². The Hall–Kier alpha value is -2.70. The highest BCUT2D eigenvalue weighted by molar-refractivity contribution is 7.15. The molecule has 4 rings (SSSR count). The van der Waals surface area contributed by atoms with E-state index in [4.69, 9.17) is 11.6 Å². The van der Waals surface area contributed by atoms with Crippen molar-refractivity contribution in [3.63, 3.8) is 0 Å². The summed E-state index contributed by atoms with van der Waals surface area (Å²) < 4.78 is 15.5. The lowest BCUT2D eigenvalue weighted by atomic mass is 10.2. The molecule has 0 aliphatic carbocycles. The predicted octanol–water partition coefficient (Wildman–Crippen LogP) is 5.04. The Morgan fingerprint density at radius 1 is 1.19 bits per heavy atom. The highest BCUT2D eigenvalue weighted by atomic mass is 35.5. The largest absolute Gasteiger partial charge is 0.323 e. The Labute approximate surface area is 157 Å². The summed E-state index contributed by atoms with van der Waals surface area (Å²) in [5.41, 5.74) is 2.74. The van der Waals surface area contributed by atoms with Gasteiger partial charge >= 0.3 is 0 Å². The van der Waals surface area contributed by atoms with Crippen LogP contribution in [-0.4, -0.2) is 15.3 Å². The molecule has 0 saturated heterocycles. The fourth-order valence-corrected chi connectivity index (χ4v) is 3.64. The van der Waals surface area contributed by atoms with Crippen molar-refractivity contribution in [1.29, 1.82) is 0 Å². The van der Waals surface area contributed by atoms with Crippen LogP contribution in [0.1, 0.15) is 5.69 Å². The monoisotopic (exact) mass is 385 g/mol. The Balaban J connectivity index is 1.56. The normalized spacial score (nSPS) is 11.0. The van der Waals surface area contributed by atoms with Gasteiger partial charge in [0, 0.05) is 27.9 Å². The Kier molecular flexibility index (Phi) is 4.44. The number of benzene rings is 2. The number of nitrogens with zero attached hydrogens (tertiary/aromatic N) is 2. The van der Waals surface area contributed by atoms with Crippen LogP contribution < -0.4 is 5.32 Å². The average Bonchev–Trinajstić information content (AvgIpc) is 3.20. The molecule has 0 spiro atoms. The minimum atomic E-state index is -0.455. The molecule has 0 unspecified atom stereocenters. The van der Waals surface area contributed by atoms with Crippen LogP contribution in [0.15, 0.2) is 60.1 Å². The molecule has 1 amide bonds. The SMILES string of the molecule is O=C(Cc1csc2nc(-c3ccc(Cl)cc3)cn12)Nc1ccccc1F. The fourth-order valence-electron chi connectivity index (χ4n) is 2.64. The first-order valence-corrected chi connectivity index (χ1v) is 9.12. The minimum absolute atomic E-state index is 0.130. The molecule has 4 aromatic rings. The molecule has 2 aromatic carbocycles. The molecule has 4 nitrogen and oxygen atoms in total. The number of para-hydroxylation sites is 1. The van der Waals surface area contributed by atoms with Gasteiger partial charge in [-0.2, -0.15) is 0 Å². The number of imidazole rings is 1. The van der Waals surface area contributed by atoms with Crippen LogP contribution in [0.5, 0.6) is 0 Å². The van der Waals surface area contributed by atoms with Crippen LogP contribution in [0, 0.1) is 5.82 Å². The number of halogens is 2. The smallest absolute Gasteiger partial charge is 0.230 e. The summed E-state index contributed by atoms with van der Waals surface area (Å²) >= 11 is 7.38. The number of rotatable bonds is 4. The number of hydrogen-bond donors (Lipinski definition) is 1. The number of nitrogens with one attached hydrogen (secondary N) is 1. The van der Waals surface area contributed by atoms with Gasteiger partial charge in [0.05, 0.1) is 17.8 Å². The third kappa shape index (κ3) is 3.34. The Morgan fingerprint density at radius 2 is 1.96 bits per heavy atom. The van der Waals surface area contributed by atoms with E-state index in [1.54, 1.807) is 12.1 Å². The number of amides is 1. The molecule has 0 aliphatic rings. The molecule has 2 aromatic heterocycles. The second kappa shape index (κ2) is 6.90. The van der Waals surface area contributed by atoms with Crippen molar-refractivity contribution >= 4 is 39.5 Å². The van der Waals surface area contributed by atoms with Gasteiger partial charge in [-0.3, -0.25) is 9.20 Å². The zero-order chi connectivity index (χ0) is 18.1. The van der Waals surface area contributed by atoms with E-state index >= 15 is 0 Å². The van der Waals surface area contributed by atoms with Gasteiger partial charge in [-0.1, -0.05) is 35.9 Å². The van der Waals surface area contributed by atoms with Crippen LogP contribution in [0.3, 0.4) is 0 Å². The van der Waals surface area contributed by atoms with E-state index < -0.39 is 5.82 Å². The quantitative estimate of drug-likeness (QED) is 0.535. The number of fused-ring (bicyclic) bond motifs is 1. The maximum absolute atomic E-state index is 13.7. The molecule has 0 atom stereocenters. The van der Waals surface area contributed by atoms with E-state index in [-0.39, 0.29) is 18.0 Å². The second-order valence-corrected chi connectivity index (χ2v) is 6.99. The number of carbonyl (C=O) groups excluding carboxylic acids is 1. The van der Waals surface area contributed by atoms with Crippen molar-refractivity contribution < 1.29 is 9.18 Å². The molecular formula is C19H13ClFN3OS. The fraction of sp³-hybridized carbons (Fsp3) is 0.0526. The van der Waals surface area contributed by atoms with Gasteiger partial charge in [0.15, 0.2) is 4.96 Å². The van der Waals surface area contributed by atoms with Crippen LogP contribution in [0.25, 0.3) is 16.2 Å². The number of aromatic nitrogens is 2. The van der Waals surface area contributed by atoms with Gasteiger partial charge in [0.25, 0.3) is 0 Å². The zero-order valence-corrected chi connectivity index (χ0v) is 15.0. The van der Waals surface area contributed by atoms with E-state index in [1.807, 2.05) is 40.2 Å². The maximum atomic E-state index is 13.7. The average molecular weight is 386 g/mol. The summed E-state index contributed by atoms with van der Waals surface area (Å²) in [7, 11) is 0. The maximum Gasteiger partial charge on any atom is 0.230 e. The summed E-state index contributed by atoms with van der Waals surface area (Å²) in [4.78, 5) is 17.6. The lowest BCUT2D eigenvalue weighted by Crippen LogP contribution is -2.16. The Morgan fingerprint density at radius 3 is 2.73 bits per heavy atom. The number of anilines is 1. The molecule has 0 aliphatic heterocycles. The van der Waals surface area contributed by atoms with Crippen molar-refractivity contribution in [3.05, 3.63) is 76.6 Å². The summed E-state index contributed by atoms with van der Waals surface area (Å²) in [5.74, 6) is -0.736. The van der Waals surface area contributed by atoms with E-state index in [2.05, 4.69) is 10.3 Å². The molecule has 2 heterocycles. The molecule has 130 valence electrons. The molecule has 0 radical (unpaired) electrons. The summed E-state index contributed by atoms with van der Waals surface area (Å²) in [6, 6.07) is 13.5. The van der Waals surface area contributed by atoms with Crippen molar-refractivity contribution in [2.24, 2.45) is 0 Å². The number of carbonyl (C=O) groups is 1. The second-order valence-electron chi connectivity index (χ2n) is 5.72. The summed E-state index contributed by atoms with van der Waals surface area (Å²) in [5, 5.41) is 5.15. The van der Waals surface area contributed by atoms with Crippen LogP contribution in [0.4, 0.5) is 10.1 Å². The van der Waals surface area contributed by atoms with E-state index in [9.17, 15) is 9.18 Å². The molecule has 0 fully saturated rings. The molecule has 26 heavy (non-hydrogen) atoms. The van der Waals surface area contributed by atoms with E-state index in [0.717, 1.165) is 21.9 Å². The van der Waals surface area contributed by atoms with Gasteiger partial charge in [-0.05, 0) is 24.3 Å². The van der Waals surface area contributed by atoms with Gasteiger partial charge in [0.1, 0.15) is 5.82 Å². The van der Waals surface area contributed by atoms with Crippen LogP contribution in [0.2, 0.25) is 5.02 Å². The lowest BCUT2D eigenvalue weighted by Gasteiger charge is -2.05. The predicted molar refractivity (Wildman–Crippen MR) is 102 cm³/mol. The highest BCUT2D eigenvalue weighted by Crippen LogP contribution is 2.25. The standard InChI is InChI=1S/C19H13ClFN3OS/c20-13-7-5-12(6-8-13)17-10-24-14(11-26-19(24)23-17)9-18(25)22-16-4-2-1-3-15(16)21/h1-8,10-11H,9H2,(H,22,25). The lowest BCUT2D eigenvalue weighted by molar-refractivity contribution is -0.115. The van der Waals surface area contributed by atoms with Gasteiger partial charge in [-0.25, -0.2) is 9.37 Å².